The SMILES string of the molecule is CCCCC/C=C\C/C=C\C/C=C\C/C=C\CCCCCCCCCC(=O)OCC(O)COP(=O)(O)OCC(NC(=O)CCCC)C(=O)O. The van der Waals surface area contributed by atoms with Crippen molar-refractivity contribution >= 4 is 25.7 Å². The van der Waals surface area contributed by atoms with E-state index in [4.69, 9.17) is 4.74 Å². The number of carbonyl (C=O) groups excluding carboxylic acids is 2. The van der Waals surface area contributed by atoms with Gasteiger partial charge in [-0.05, 0) is 57.8 Å². The molecule has 0 heterocycles. The Morgan fingerprint density at radius 2 is 1.14 bits per heavy atom. The first-order valence-electron chi connectivity index (χ1n) is 18.2. The zero-order valence-electron chi connectivity index (χ0n) is 30.0. The standard InChI is InChI=1S/C37H64NO10P/c1-3-5-7-8-9-10-11-12-13-14-15-16-17-18-19-20-21-22-23-24-25-26-27-29-36(41)46-30-33(39)31-47-49(44,45)48-32-34(37(42)43)38-35(40)28-6-4-2/h9-10,12-13,15-16,18-19,33-34,39H,3-8,11,14,17,20-32H2,1-2H3,(H,38,40)(H,42,43)(H,44,45)/b10-9-,13-12-,16-15-,19-18-. The minimum absolute atomic E-state index is 0.118. The topological polar surface area (TPSA) is 169 Å². The lowest BCUT2D eigenvalue weighted by Crippen LogP contribution is -2.43. The number of unbranched alkanes of at least 4 members (excludes halogenated alkanes) is 11. The van der Waals surface area contributed by atoms with Crippen molar-refractivity contribution in [3.8, 4) is 0 Å². The molecule has 0 saturated heterocycles. The molecule has 0 aliphatic carbocycles. The first-order chi connectivity index (χ1) is 23.6. The average molecular weight is 714 g/mol. The molecule has 3 unspecified atom stereocenters. The number of phosphoric acid groups is 1. The lowest BCUT2D eigenvalue weighted by molar-refractivity contribution is -0.147. The highest BCUT2D eigenvalue weighted by atomic mass is 31.2. The maximum atomic E-state index is 12.0. The van der Waals surface area contributed by atoms with E-state index in [9.17, 15) is 34.1 Å². The van der Waals surface area contributed by atoms with Gasteiger partial charge in [-0.15, -0.1) is 0 Å². The summed E-state index contributed by atoms with van der Waals surface area (Å²) in [5, 5.41) is 21.3. The van der Waals surface area contributed by atoms with Crippen molar-refractivity contribution < 1.29 is 47.8 Å². The van der Waals surface area contributed by atoms with Crippen molar-refractivity contribution in [3.05, 3.63) is 48.6 Å². The van der Waals surface area contributed by atoms with E-state index < -0.39 is 57.6 Å². The summed E-state index contributed by atoms with van der Waals surface area (Å²) in [5.41, 5.74) is 0. The van der Waals surface area contributed by atoms with Crippen molar-refractivity contribution in [2.24, 2.45) is 0 Å². The molecule has 3 atom stereocenters. The van der Waals surface area contributed by atoms with Crippen LogP contribution in [0.25, 0.3) is 0 Å². The summed E-state index contributed by atoms with van der Waals surface area (Å²) in [6, 6.07) is -1.54. The number of hydrogen-bond donors (Lipinski definition) is 4. The molecular weight excluding hydrogens is 649 g/mol. The summed E-state index contributed by atoms with van der Waals surface area (Å²) in [7, 11) is -4.73. The molecule has 0 aromatic heterocycles. The second kappa shape index (κ2) is 32.6. The Kier molecular flexibility index (Phi) is 30.9. The normalized spacial score (nSPS) is 14.5. The Labute approximate surface area is 294 Å². The Balaban J connectivity index is 3.79. The lowest BCUT2D eigenvalue weighted by atomic mass is 10.1. The molecule has 0 rings (SSSR count). The molecule has 0 radical (unpaired) electrons. The Morgan fingerprint density at radius 3 is 1.69 bits per heavy atom. The molecule has 1 amide bonds. The summed E-state index contributed by atoms with van der Waals surface area (Å²) < 4.78 is 26.4. The lowest BCUT2D eigenvalue weighted by Gasteiger charge is -2.18. The van der Waals surface area contributed by atoms with Gasteiger partial charge in [0.2, 0.25) is 5.91 Å². The number of aliphatic carboxylic acids is 1. The van der Waals surface area contributed by atoms with Crippen molar-refractivity contribution in [2.75, 3.05) is 19.8 Å². The highest BCUT2D eigenvalue weighted by molar-refractivity contribution is 7.47. The third kappa shape index (κ3) is 32.4. The van der Waals surface area contributed by atoms with E-state index in [0.29, 0.717) is 12.8 Å². The Hall–Kier alpha value is -2.56. The van der Waals surface area contributed by atoms with Crippen LogP contribution >= 0.6 is 7.82 Å². The highest BCUT2D eigenvalue weighted by Gasteiger charge is 2.28. The van der Waals surface area contributed by atoms with E-state index >= 15 is 0 Å². The average Bonchev–Trinajstić information content (AvgIpc) is 3.07. The van der Waals surface area contributed by atoms with Crippen LogP contribution in [-0.2, 0) is 32.7 Å². The van der Waals surface area contributed by atoms with Crippen LogP contribution < -0.4 is 5.32 Å². The van der Waals surface area contributed by atoms with Gasteiger partial charge in [-0.2, -0.15) is 0 Å². The molecule has 0 fully saturated rings. The van der Waals surface area contributed by atoms with Crippen molar-refractivity contribution in [2.45, 2.75) is 148 Å². The molecule has 0 aliphatic heterocycles. The van der Waals surface area contributed by atoms with E-state index in [1.54, 1.807) is 0 Å². The quantitative estimate of drug-likeness (QED) is 0.0225. The van der Waals surface area contributed by atoms with Crippen LogP contribution in [0.5, 0.6) is 0 Å². The van der Waals surface area contributed by atoms with Crippen LogP contribution in [0.3, 0.4) is 0 Å². The fraction of sp³-hybridized carbons (Fsp3) is 0.703. The van der Waals surface area contributed by atoms with E-state index in [1.165, 1.54) is 38.5 Å². The summed E-state index contributed by atoms with van der Waals surface area (Å²) in [6.07, 6.45) is 34.5. The van der Waals surface area contributed by atoms with Gasteiger partial charge in [0.15, 0.2) is 6.04 Å². The van der Waals surface area contributed by atoms with Crippen molar-refractivity contribution in [3.63, 3.8) is 0 Å². The number of hydrogen-bond acceptors (Lipinski definition) is 8. The van der Waals surface area contributed by atoms with Crippen LogP contribution in [0.2, 0.25) is 0 Å². The number of carbonyl (C=O) groups is 3. The molecule has 12 heteroatoms. The minimum atomic E-state index is -4.73. The molecule has 0 aromatic rings. The summed E-state index contributed by atoms with van der Waals surface area (Å²) in [5.74, 6) is -2.44. The monoisotopic (exact) mass is 713 g/mol. The fourth-order valence-electron chi connectivity index (χ4n) is 4.45. The number of phosphoric ester groups is 1. The van der Waals surface area contributed by atoms with Crippen LogP contribution in [0.1, 0.15) is 136 Å². The van der Waals surface area contributed by atoms with Gasteiger partial charge in [-0.25, -0.2) is 9.36 Å². The third-order valence-corrected chi connectivity index (χ3v) is 8.32. The second-order valence-electron chi connectivity index (χ2n) is 12.1. The smallest absolute Gasteiger partial charge is 0.472 e. The number of aliphatic hydroxyl groups excluding tert-OH is 1. The van der Waals surface area contributed by atoms with Crippen molar-refractivity contribution in [1.82, 2.24) is 5.32 Å². The molecule has 11 nitrogen and oxygen atoms in total. The molecule has 0 aromatic carbocycles. The second-order valence-corrected chi connectivity index (χ2v) is 13.5. The predicted molar refractivity (Wildman–Crippen MR) is 194 cm³/mol. The first kappa shape index (κ1) is 46.4. The van der Waals surface area contributed by atoms with Crippen molar-refractivity contribution in [1.29, 1.82) is 0 Å². The number of allylic oxidation sites excluding steroid dienone is 8. The van der Waals surface area contributed by atoms with Gasteiger partial charge in [0, 0.05) is 12.8 Å². The van der Waals surface area contributed by atoms with Gasteiger partial charge < -0.3 is 25.2 Å². The first-order valence-corrected chi connectivity index (χ1v) is 19.7. The summed E-state index contributed by atoms with van der Waals surface area (Å²) in [6.45, 7) is 2.19. The van der Waals surface area contributed by atoms with Crippen LogP contribution in [0, 0.1) is 0 Å². The molecule has 0 bridgehead atoms. The van der Waals surface area contributed by atoms with Crippen LogP contribution in [-0.4, -0.2) is 64.9 Å². The molecule has 4 N–H and O–H groups in total. The summed E-state index contributed by atoms with van der Waals surface area (Å²) in [4.78, 5) is 44.8. The number of ether oxygens (including phenoxy) is 1. The number of rotatable bonds is 33. The predicted octanol–water partition coefficient (Wildman–Crippen LogP) is 8.27. The largest absolute Gasteiger partial charge is 0.480 e. The van der Waals surface area contributed by atoms with E-state index in [-0.39, 0.29) is 12.8 Å². The van der Waals surface area contributed by atoms with E-state index in [1.807, 2.05) is 6.92 Å². The zero-order chi connectivity index (χ0) is 36.4. The minimum Gasteiger partial charge on any atom is -0.480 e. The third-order valence-electron chi connectivity index (χ3n) is 7.37. The van der Waals surface area contributed by atoms with Gasteiger partial charge in [-0.1, -0.05) is 114 Å². The summed E-state index contributed by atoms with van der Waals surface area (Å²) >= 11 is 0. The number of amides is 1. The maximum Gasteiger partial charge on any atom is 0.472 e. The molecular formula is C37H64NO10P. The van der Waals surface area contributed by atoms with Gasteiger partial charge >= 0.3 is 19.8 Å². The number of aliphatic hydroxyl groups is 1. The molecule has 0 spiro atoms. The van der Waals surface area contributed by atoms with Crippen LogP contribution in [0.4, 0.5) is 0 Å². The van der Waals surface area contributed by atoms with Gasteiger partial charge in [0.05, 0.1) is 13.2 Å². The zero-order valence-corrected chi connectivity index (χ0v) is 30.9. The van der Waals surface area contributed by atoms with E-state index in [2.05, 4.69) is 69.9 Å². The Bertz CT molecular complexity index is 1030. The molecule has 0 aliphatic rings. The van der Waals surface area contributed by atoms with Gasteiger partial charge in [0.25, 0.3) is 0 Å². The van der Waals surface area contributed by atoms with Gasteiger partial charge in [0.1, 0.15) is 12.7 Å². The van der Waals surface area contributed by atoms with Crippen LogP contribution in [0.15, 0.2) is 48.6 Å². The molecule has 0 saturated carbocycles. The number of esters is 1. The fourth-order valence-corrected chi connectivity index (χ4v) is 5.22. The van der Waals surface area contributed by atoms with E-state index in [0.717, 1.165) is 57.8 Å². The number of carboxylic acid groups (broad SMARTS) is 1. The molecule has 282 valence electrons. The van der Waals surface area contributed by atoms with Gasteiger partial charge in [-0.3, -0.25) is 18.6 Å². The number of carboxylic acids is 1. The maximum absolute atomic E-state index is 12.0. The number of nitrogens with one attached hydrogen (secondary N) is 1. The molecule has 49 heavy (non-hydrogen) atoms. The highest BCUT2D eigenvalue weighted by Crippen LogP contribution is 2.43. The Morgan fingerprint density at radius 1 is 0.653 bits per heavy atom.